The summed E-state index contributed by atoms with van der Waals surface area (Å²) in [5.74, 6) is -0.876. The predicted molar refractivity (Wildman–Crippen MR) is 79.8 cm³/mol. The summed E-state index contributed by atoms with van der Waals surface area (Å²) >= 11 is 0. The first-order valence-electron chi connectivity index (χ1n) is 7.86. The van der Waals surface area contributed by atoms with Crippen molar-refractivity contribution >= 4 is 0 Å². The molecule has 0 atom stereocenters. The molecule has 0 aromatic heterocycles. The summed E-state index contributed by atoms with van der Waals surface area (Å²) in [6.07, 6.45) is 6.68. The van der Waals surface area contributed by atoms with Gasteiger partial charge in [-0.15, -0.1) is 0 Å². The molecule has 1 saturated carbocycles. The molecule has 0 unspecified atom stereocenters. The lowest BCUT2D eigenvalue weighted by atomic mass is 9.77. The standard InChI is InChI=1S/C17H25F2NO/c1-2-3-13-6-8-17(12-20,9-7-13)21-11-14-4-5-15(18)16(19)10-14/h4-5,10,13H,2-3,6-9,11-12,20H2,1H3. The van der Waals surface area contributed by atoms with Gasteiger partial charge in [0.15, 0.2) is 11.6 Å². The summed E-state index contributed by atoms with van der Waals surface area (Å²) in [6.45, 7) is 2.98. The molecule has 1 aliphatic carbocycles. The topological polar surface area (TPSA) is 35.2 Å². The van der Waals surface area contributed by atoms with Gasteiger partial charge in [-0.25, -0.2) is 8.78 Å². The second-order valence-electron chi connectivity index (χ2n) is 6.16. The fourth-order valence-electron chi connectivity index (χ4n) is 3.17. The highest BCUT2D eigenvalue weighted by molar-refractivity contribution is 5.17. The van der Waals surface area contributed by atoms with Crippen LogP contribution in [0.4, 0.5) is 8.78 Å². The summed E-state index contributed by atoms with van der Waals surface area (Å²) in [6, 6.07) is 3.90. The molecule has 0 radical (unpaired) electrons. The molecule has 2 N–H and O–H groups in total. The molecule has 0 heterocycles. The first-order valence-corrected chi connectivity index (χ1v) is 7.86. The van der Waals surface area contributed by atoms with Gasteiger partial charge in [-0.1, -0.05) is 25.8 Å². The van der Waals surface area contributed by atoms with Crippen LogP contribution in [0.5, 0.6) is 0 Å². The zero-order chi connectivity index (χ0) is 15.3. The number of halogens is 2. The van der Waals surface area contributed by atoms with E-state index in [9.17, 15) is 8.78 Å². The molecule has 2 nitrogen and oxygen atoms in total. The Morgan fingerprint density at radius 2 is 1.95 bits per heavy atom. The number of rotatable bonds is 6. The molecule has 1 aliphatic rings. The molecule has 4 heteroatoms. The normalized spacial score (nSPS) is 26.0. The monoisotopic (exact) mass is 297 g/mol. The largest absolute Gasteiger partial charge is 0.369 e. The molecule has 0 amide bonds. The van der Waals surface area contributed by atoms with Crippen molar-refractivity contribution < 1.29 is 13.5 Å². The number of hydrogen-bond donors (Lipinski definition) is 1. The highest BCUT2D eigenvalue weighted by atomic mass is 19.2. The summed E-state index contributed by atoms with van der Waals surface area (Å²) in [7, 11) is 0. The first-order chi connectivity index (χ1) is 10.1. The maximum Gasteiger partial charge on any atom is 0.159 e. The van der Waals surface area contributed by atoms with Gasteiger partial charge in [0.1, 0.15) is 0 Å². The lowest BCUT2D eigenvalue weighted by Gasteiger charge is -2.39. The summed E-state index contributed by atoms with van der Waals surface area (Å²) in [4.78, 5) is 0. The molecule has 0 saturated heterocycles. The van der Waals surface area contributed by atoms with Gasteiger partial charge in [-0.2, -0.15) is 0 Å². The van der Waals surface area contributed by atoms with Crippen LogP contribution in [0.15, 0.2) is 18.2 Å². The molecule has 1 fully saturated rings. The van der Waals surface area contributed by atoms with Crippen LogP contribution in [0.3, 0.4) is 0 Å². The molecule has 0 spiro atoms. The van der Waals surface area contributed by atoms with Gasteiger partial charge in [-0.3, -0.25) is 0 Å². The Labute approximate surface area is 125 Å². The van der Waals surface area contributed by atoms with Crippen LogP contribution in [0.25, 0.3) is 0 Å². The maximum atomic E-state index is 13.2. The fourth-order valence-corrected chi connectivity index (χ4v) is 3.17. The van der Waals surface area contributed by atoms with E-state index in [1.54, 1.807) is 6.07 Å². The third-order valence-electron chi connectivity index (χ3n) is 4.61. The van der Waals surface area contributed by atoms with Crippen molar-refractivity contribution in [3.05, 3.63) is 35.4 Å². The van der Waals surface area contributed by atoms with Crippen LogP contribution in [-0.4, -0.2) is 12.1 Å². The van der Waals surface area contributed by atoms with E-state index < -0.39 is 11.6 Å². The summed E-state index contributed by atoms with van der Waals surface area (Å²) in [5, 5.41) is 0. The summed E-state index contributed by atoms with van der Waals surface area (Å²) < 4.78 is 32.1. The Morgan fingerprint density at radius 3 is 2.52 bits per heavy atom. The number of benzene rings is 1. The van der Waals surface area contributed by atoms with Crippen LogP contribution < -0.4 is 5.73 Å². The van der Waals surface area contributed by atoms with Crippen molar-refractivity contribution in [2.75, 3.05) is 6.54 Å². The smallest absolute Gasteiger partial charge is 0.159 e. The minimum atomic E-state index is -0.829. The van der Waals surface area contributed by atoms with Crippen molar-refractivity contribution in [2.24, 2.45) is 11.7 Å². The highest BCUT2D eigenvalue weighted by Crippen LogP contribution is 2.36. The molecule has 21 heavy (non-hydrogen) atoms. The van der Waals surface area contributed by atoms with Crippen molar-refractivity contribution in [3.63, 3.8) is 0 Å². The van der Waals surface area contributed by atoms with Gasteiger partial charge in [0.25, 0.3) is 0 Å². The highest BCUT2D eigenvalue weighted by Gasteiger charge is 2.34. The molecular weight excluding hydrogens is 272 g/mol. The van der Waals surface area contributed by atoms with Crippen LogP contribution in [-0.2, 0) is 11.3 Å². The Bertz CT molecular complexity index is 456. The zero-order valence-electron chi connectivity index (χ0n) is 12.7. The second-order valence-corrected chi connectivity index (χ2v) is 6.16. The lowest BCUT2D eigenvalue weighted by Crippen LogP contribution is -2.43. The van der Waals surface area contributed by atoms with E-state index in [2.05, 4.69) is 6.92 Å². The lowest BCUT2D eigenvalue weighted by molar-refractivity contribution is -0.0817. The van der Waals surface area contributed by atoms with Crippen molar-refractivity contribution in [2.45, 2.75) is 57.7 Å². The molecule has 0 bridgehead atoms. The average Bonchev–Trinajstić information content (AvgIpc) is 2.50. The maximum absolute atomic E-state index is 13.2. The molecule has 2 rings (SSSR count). The number of hydrogen-bond acceptors (Lipinski definition) is 2. The third-order valence-corrected chi connectivity index (χ3v) is 4.61. The Balaban J connectivity index is 1.92. The van der Waals surface area contributed by atoms with Crippen molar-refractivity contribution in [1.82, 2.24) is 0 Å². The first kappa shape index (κ1) is 16.4. The van der Waals surface area contributed by atoms with Crippen molar-refractivity contribution in [1.29, 1.82) is 0 Å². The quantitative estimate of drug-likeness (QED) is 0.855. The van der Waals surface area contributed by atoms with E-state index in [0.717, 1.165) is 37.7 Å². The third kappa shape index (κ3) is 4.24. The minimum Gasteiger partial charge on any atom is -0.369 e. The Kier molecular flexibility index (Phi) is 5.71. The molecule has 118 valence electrons. The van der Waals surface area contributed by atoms with E-state index in [1.165, 1.54) is 18.9 Å². The predicted octanol–water partition coefficient (Wildman–Crippen LogP) is 4.17. The second kappa shape index (κ2) is 7.32. The van der Waals surface area contributed by atoms with Gasteiger partial charge in [-0.05, 0) is 49.3 Å². The molecular formula is C17H25F2NO. The van der Waals surface area contributed by atoms with E-state index in [0.29, 0.717) is 12.1 Å². The van der Waals surface area contributed by atoms with Crippen LogP contribution in [0, 0.1) is 17.6 Å². The molecule has 0 aliphatic heterocycles. The van der Waals surface area contributed by atoms with Gasteiger partial charge < -0.3 is 10.5 Å². The van der Waals surface area contributed by atoms with Crippen LogP contribution >= 0.6 is 0 Å². The number of ether oxygens (including phenoxy) is 1. The van der Waals surface area contributed by atoms with Crippen LogP contribution in [0.2, 0.25) is 0 Å². The van der Waals surface area contributed by atoms with E-state index in [4.69, 9.17) is 10.5 Å². The molecule has 1 aromatic carbocycles. The average molecular weight is 297 g/mol. The van der Waals surface area contributed by atoms with E-state index in [1.807, 2.05) is 0 Å². The molecule has 1 aromatic rings. The number of nitrogens with two attached hydrogens (primary N) is 1. The Hall–Kier alpha value is -1.00. The van der Waals surface area contributed by atoms with E-state index in [-0.39, 0.29) is 12.2 Å². The fraction of sp³-hybridized carbons (Fsp3) is 0.647. The zero-order valence-corrected chi connectivity index (χ0v) is 12.7. The summed E-state index contributed by atoms with van der Waals surface area (Å²) in [5.41, 5.74) is 6.27. The van der Waals surface area contributed by atoms with Gasteiger partial charge in [0.05, 0.1) is 12.2 Å². The van der Waals surface area contributed by atoms with Gasteiger partial charge in [0.2, 0.25) is 0 Å². The minimum absolute atomic E-state index is 0.285. The van der Waals surface area contributed by atoms with Gasteiger partial charge in [0, 0.05) is 6.54 Å². The Morgan fingerprint density at radius 1 is 1.24 bits per heavy atom. The van der Waals surface area contributed by atoms with Crippen molar-refractivity contribution in [3.8, 4) is 0 Å². The van der Waals surface area contributed by atoms with Crippen LogP contribution in [0.1, 0.15) is 51.0 Å². The van der Waals surface area contributed by atoms with Gasteiger partial charge >= 0.3 is 0 Å². The van der Waals surface area contributed by atoms with E-state index >= 15 is 0 Å². The SMILES string of the molecule is CCCC1CCC(CN)(OCc2ccc(F)c(F)c2)CC1.